The predicted octanol–water partition coefficient (Wildman–Crippen LogP) is -0.693. The Balaban J connectivity index is 1.50. The summed E-state index contributed by atoms with van der Waals surface area (Å²) in [6, 6.07) is 0. The average molecular weight is 420 g/mol. The lowest BCUT2D eigenvalue weighted by Crippen LogP contribution is -2.39. The Labute approximate surface area is 146 Å². The van der Waals surface area contributed by atoms with Crippen LogP contribution in [0.25, 0.3) is 0 Å². The van der Waals surface area contributed by atoms with Crippen LogP contribution in [-0.4, -0.2) is 63.1 Å². The highest BCUT2D eigenvalue weighted by atomic mass is 32.2. The molecule has 0 aromatic carbocycles. The molecule has 1 saturated heterocycles. The summed E-state index contributed by atoms with van der Waals surface area (Å²) in [6.45, 7) is -1.52. The zero-order chi connectivity index (χ0) is 19.5. The van der Waals surface area contributed by atoms with Gasteiger partial charge in [0.1, 0.15) is 13.2 Å². The SMILES string of the molecule is O=C(OCCOC(=O)C(F)(F)S(=O)(=O)O)C1C2CC3C1OS(=O)(=O)C3C2. The molecular weight excluding hydrogens is 406 g/mol. The van der Waals surface area contributed by atoms with Crippen molar-refractivity contribution in [2.45, 2.75) is 29.5 Å². The van der Waals surface area contributed by atoms with Crippen LogP contribution in [-0.2, 0) is 43.5 Å². The van der Waals surface area contributed by atoms with E-state index in [1.165, 1.54) is 0 Å². The maximum absolute atomic E-state index is 12.9. The molecule has 2 bridgehead atoms. The van der Waals surface area contributed by atoms with E-state index in [1.54, 1.807) is 0 Å². The molecule has 0 spiro atoms. The Kier molecular flexibility index (Phi) is 4.53. The van der Waals surface area contributed by atoms with Crippen molar-refractivity contribution in [3.63, 3.8) is 0 Å². The van der Waals surface area contributed by atoms with Crippen LogP contribution >= 0.6 is 0 Å². The van der Waals surface area contributed by atoms with Crippen molar-refractivity contribution < 1.29 is 53.4 Å². The monoisotopic (exact) mass is 420 g/mol. The molecule has 5 unspecified atom stereocenters. The van der Waals surface area contributed by atoms with E-state index >= 15 is 0 Å². The summed E-state index contributed by atoms with van der Waals surface area (Å²) in [7, 11) is -9.69. The van der Waals surface area contributed by atoms with Crippen molar-refractivity contribution in [1.82, 2.24) is 0 Å². The molecule has 2 aliphatic carbocycles. The van der Waals surface area contributed by atoms with Gasteiger partial charge in [0.15, 0.2) is 0 Å². The second kappa shape index (κ2) is 6.07. The van der Waals surface area contributed by atoms with E-state index < -0.39 is 67.9 Å². The topological polar surface area (TPSA) is 150 Å². The van der Waals surface area contributed by atoms with Crippen molar-refractivity contribution in [3.05, 3.63) is 0 Å². The number of hydrogen-bond acceptors (Lipinski definition) is 9. The number of hydrogen-bond donors (Lipinski definition) is 1. The van der Waals surface area contributed by atoms with Crippen LogP contribution in [0.2, 0.25) is 0 Å². The van der Waals surface area contributed by atoms with Crippen LogP contribution < -0.4 is 0 Å². The van der Waals surface area contributed by atoms with Gasteiger partial charge in [0, 0.05) is 5.92 Å². The van der Waals surface area contributed by atoms with Gasteiger partial charge in [-0.2, -0.15) is 25.6 Å². The van der Waals surface area contributed by atoms with Crippen LogP contribution in [0.15, 0.2) is 0 Å². The Hall–Kier alpha value is -1.38. The third kappa shape index (κ3) is 2.97. The first-order valence-corrected chi connectivity index (χ1v) is 10.4. The summed E-state index contributed by atoms with van der Waals surface area (Å²) in [6.07, 6.45) is -0.0365. The standard InChI is InChI=1S/C12H14F2O10S2/c13-12(14,26(19,20)21)11(16)23-2-1-22-10(15)8-5-3-6-7(4-5)25(17,18)24-9(6)8/h5-9H,1-4H2,(H,19,20,21). The molecule has 14 heteroatoms. The first kappa shape index (κ1) is 19.4. The highest BCUT2D eigenvalue weighted by molar-refractivity contribution is 7.88. The number of ether oxygens (including phenoxy) is 2. The maximum atomic E-state index is 12.9. The molecule has 1 heterocycles. The quantitative estimate of drug-likeness (QED) is 0.253. The van der Waals surface area contributed by atoms with Crippen molar-refractivity contribution in [2.75, 3.05) is 13.2 Å². The van der Waals surface area contributed by atoms with E-state index in [2.05, 4.69) is 4.74 Å². The molecule has 3 aliphatic rings. The summed E-state index contributed by atoms with van der Waals surface area (Å²) >= 11 is 0. The molecule has 1 aliphatic heterocycles. The van der Waals surface area contributed by atoms with Gasteiger partial charge in [-0.1, -0.05) is 0 Å². The molecule has 2 saturated carbocycles. The third-order valence-electron chi connectivity index (χ3n) is 4.88. The largest absolute Gasteiger partial charge is 0.465 e. The summed E-state index contributed by atoms with van der Waals surface area (Å²) < 4.78 is 92.2. The van der Waals surface area contributed by atoms with Crippen molar-refractivity contribution in [1.29, 1.82) is 0 Å². The number of fused-ring (bicyclic) bond motifs is 1. The molecule has 0 radical (unpaired) electrons. The Morgan fingerprint density at radius 1 is 1.19 bits per heavy atom. The lowest BCUT2D eigenvalue weighted by molar-refractivity contribution is -0.167. The molecule has 0 aromatic heterocycles. The van der Waals surface area contributed by atoms with E-state index in [-0.39, 0.29) is 18.3 Å². The van der Waals surface area contributed by atoms with Crippen LogP contribution in [0, 0.1) is 17.8 Å². The van der Waals surface area contributed by atoms with Gasteiger partial charge < -0.3 is 9.47 Å². The molecule has 3 fully saturated rings. The minimum Gasteiger partial charge on any atom is -0.462 e. The van der Waals surface area contributed by atoms with E-state index in [9.17, 15) is 35.2 Å². The first-order valence-electron chi connectivity index (χ1n) is 7.47. The predicted molar refractivity (Wildman–Crippen MR) is 75.7 cm³/mol. The molecule has 1 N–H and O–H groups in total. The van der Waals surface area contributed by atoms with Crippen molar-refractivity contribution in [2.24, 2.45) is 17.8 Å². The molecule has 3 rings (SSSR count). The lowest BCUT2D eigenvalue weighted by Gasteiger charge is -2.23. The fourth-order valence-electron chi connectivity index (χ4n) is 3.82. The maximum Gasteiger partial charge on any atom is 0.465 e. The second-order valence-electron chi connectivity index (χ2n) is 6.31. The van der Waals surface area contributed by atoms with Crippen LogP contribution in [0.1, 0.15) is 12.8 Å². The molecule has 0 aromatic rings. The van der Waals surface area contributed by atoms with Crippen molar-refractivity contribution in [3.8, 4) is 0 Å². The van der Waals surface area contributed by atoms with Gasteiger partial charge in [0.2, 0.25) is 0 Å². The number of esters is 2. The zero-order valence-electron chi connectivity index (χ0n) is 12.9. The number of carbonyl (C=O) groups is 2. The summed E-state index contributed by atoms with van der Waals surface area (Å²) in [5, 5.41) is -5.76. The van der Waals surface area contributed by atoms with E-state index in [1.807, 2.05) is 0 Å². The minimum atomic E-state index is -5.98. The van der Waals surface area contributed by atoms with E-state index in [4.69, 9.17) is 13.5 Å². The fraction of sp³-hybridized carbons (Fsp3) is 0.833. The van der Waals surface area contributed by atoms with Gasteiger partial charge >= 0.3 is 27.3 Å². The van der Waals surface area contributed by atoms with E-state index in [0.717, 1.165) is 0 Å². The molecule has 0 amide bonds. The minimum absolute atomic E-state index is 0.230. The lowest BCUT2D eigenvalue weighted by atomic mass is 9.86. The molecule has 10 nitrogen and oxygen atoms in total. The Morgan fingerprint density at radius 3 is 2.42 bits per heavy atom. The highest BCUT2D eigenvalue weighted by Crippen LogP contribution is 2.57. The second-order valence-corrected chi connectivity index (χ2v) is 9.55. The van der Waals surface area contributed by atoms with Crippen LogP contribution in [0.3, 0.4) is 0 Å². The number of rotatable bonds is 6. The zero-order valence-corrected chi connectivity index (χ0v) is 14.5. The van der Waals surface area contributed by atoms with E-state index in [0.29, 0.717) is 6.42 Å². The van der Waals surface area contributed by atoms with Gasteiger partial charge in [0.05, 0.1) is 17.3 Å². The molecular formula is C12H14F2O10S2. The van der Waals surface area contributed by atoms with Crippen LogP contribution in [0.5, 0.6) is 0 Å². The fourth-order valence-corrected chi connectivity index (χ4v) is 5.98. The summed E-state index contributed by atoms with van der Waals surface area (Å²) in [5.74, 6) is -4.65. The summed E-state index contributed by atoms with van der Waals surface area (Å²) in [4.78, 5) is 23.1. The number of halogens is 2. The smallest absolute Gasteiger partial charge is 0.462 e. The van der Waals surface area contributed by atoms with Crippen molar-refractivity contribution >= 4 is 32.2 Å². The Bertz CT molecular complexity index is 836. The Morgan fingerprint density at radius 2 is 1.81 bits per heavy atom. The average Bonchev–Trinajstić information content (AvgIpc) is 3.11. The molecule has 5 atom stereocenters. The first-order chi connectivity index (χ1) is 11.9. The van der Waals surface area contributed by atoms with Gasteiger partial charge in [-0.3, -0.25) is 13.5 Å². The van der Waals surface area contributed by atoms with Gasteiger partial charge in [-0.15, -0.1) is 0 Å². The van der Waals surface area contributed by atoms with Gasteiger partial charge in [0.25, 0.3) is 10.1 Å². The molecule has 26 heavy (non-hydrogen) atoms. The van der Waals surface area contributed by atoms with Gasteiger partial charge in [-0.25, -0.2) is 4.79 Å². The highest BCUT2D eigenvalue weighted by Gasteiger charge is 2.66. The number of alkyl halides is 2. The number of carbonyl (C=O) groups excluding carboxylic acids is 2. The summed E-state index contributed by atoms with van der Waals surface area (Å²) in [5.41, 5.74) is 0. The van der Waals surface area contributed by atoms with Crippen LogP contribution in [0.4, 0.5) is 8.78 Å². The molecule has 148 valence electrons. The van der Waals surface area contributed by atoms with Gasteiger partial charge in [-0.05, 0) is 18.8 Å². The normalized spacial score (nSPS) is 34.7. The third-order valence-corrected chi connectivity index (χ3v) is 7.47.